The van der Waals surface area contributed by atoms with Gasteiger partial charge >= 0.3 is 0 Å². The van der Waals surface area contributed by atoms with Crippen LogP contribution in [0.4, 0.5) is 0 Å². The van der Waals surface area contributed by atoms with E-state index in [0.717, 1.165) is 19.8 Å². The van der Waals surface area contributed by atoms with Gasteiger partial charge < -0.3 is 15.0 Å². The van der Waals surface area contributed by atoms with Crippen molar-refractivity contribution in [3.8, 4) is 0 Å². The first kappa shape index (κ1) is 11.5. The summed E-state index contributed by atoms with van der Waals surface area (Å²) in [5, 5.41) is 1.38. The Morgan fingerprint density at radius 2 is 2.16 bits per heavy atom. The van der Waals surface area contributed by atoms with Gasteiger partial charge in [-0.1, -0.05) is 6.07 Å². The number of aromatic nitrogens is 1. The van der Waals surface area contributed by atoms with Gasteiger partial charge in [-0.25, -0.2) is 0 Å². The zero-order valence-electron chi connectivity index (χ0n) is 11.4. The Kier molecular flexibility index (Phi) is 2.32. The Hall–Kier alpha value is -1.32. The number of nitrogens with two attached hydrogens (primary N) is 1. The van der Waals surface area contributed by atoms with Crippen LogP contribution in [0.2, 0.25) is 0 Å². The van der Waals surface area contributed by atoms with E-state index in [1.54, 1.807) is 0 Å². The van der Waals surface area contributed by atoms with Gasteiger partial charge in [0.1, 0.15) is 0 Å². The Bertz CT molecular complexity index is 647. The minimum Gasteiger partial charge on any atom is -0.379 e. The average Bonchev–Trinajstić information content (AvgIpc) is 2.68. The lowest BCUT2D eigenvalue weighted by atomic mass is 9.77. The topological polar surface area (TPSA) is 40.2 Å². The van der Waals surface area contributed by atoms with E-state index in [4.69, 9.17) is 10.5 Å². The summed E-state index contributed by atoms with van der Waals surface area (Å²) < 4.78 is 7.89. The Labute approximate surface area is 113 Å². The summed E-state index contributed by atoms with van der Waals surface area (Å²) in [5.41, 5.74) is 11.8. The maximum Gasteiger partial charge on any atom is 0.0597 e. The van der Waals surface area contributed by atoms with Crippen molar-refractivity contribution in [3.63, 3.8) is 0 Å². The van der Waals surface area contributed by atoms with Crippen LogP contribution in [0.1, 0.15) is 23.2 Å². The third-order valence-corrected chi connectivity index (χ3v) is 4.87. The summed E-state index contributed by atoms with van der Waals surface area (Å²) >= 11 is 0. The van der Waals surface area contributed by atoms with Gasteiger partial charge in [-0.05, 0) is 43.0 Å². The van der Waals surface area contributed by atoms with Crippen LogP contribution in [0, 0.1) is 6.92 Å². The highest BCUT2D eigenvalue weighted by atomic mass is 16.5. The molecule has 1 aromatic carbocycles. The van der Waals surface area contributed by atoms with Crippen LogP contribution in [0.3, 0.4) is 0 Å². The van der Waals surface area contributed by atoms with Crippen LogP contribution in [-0.2, 0) is 23.1 Å². The predicted molar refractivity (Wildman–Crippen MR) is 76.5 cm³/mol. The van der Waals surface area contributed by atoms with Gasteiger partial charge in [-0.3, -0.25) is 0 Å². The molecule has 100 valence electrons. The van der Waals surface area contributed by atoms with Gasteiger partial charge in [0.05, 0.1) is 24.1 Å². The van der Waals surface area contributed by atoms with Crippen molar-refractivity contribution in [2.45, 2.75) is 31.7 Å². The molecule has 19 heavy (non-hydrogen) atoms. The predicted octanol–water partition coefficient (Wildman–Crippen LogP) is 2.12. The molecule has 1 fully saturated rings. The van der Waals surface area contributed by atoms with E-state index in [9.17, 15) is 0 Å². The molecule has 3 heterocycles. The van der Waals surface area contributed by atoms with E-state index in [-0.39, 0.29) is 5.41 Å². The highest BCUT2D eigenvalue weighted by Crippen LogP contribution is 2.37. The van der Waals surface area contributed by atoms with Crippen molar-refractivity contribution < 1.29 is 4.74 Å². The lowest BCUT2D eigenvalue weighted by molar-refractivity contribution is -0.0550. The van der Waals surface area contributed by atoms with Crippen molar-refractivity contribution in [3.05, 3.63) is 35.0 Å². The summed E-state index contributed by atoms with van der Waals surface area (Å²) in [4.78, 5) is 0. The van der Waals surface area contributed by atoms with E-state index in [0.29, 0.717) is 6.54 Å². The first-order valence-corrected chi connectivity index (χ1v) is 7.15. The van der Waals surface area contributed by atoms with E-state index in [2.05, 4.69) is 29.7 Å². The summed E-state index contributed by atoms with van der Waals surface area (Å²) in [6, 6.07) is 7.03. The minimum absolute atomic E-state index is 0.0676. The molecule has 1 saturated heterocycles. The lowest BCUT2D eigenvalue weighted by Gasteiger charge is -2.41. The maximum atomic E-state index is 6.00. The summed E-state index contributed by atoms with van der Waals surface area (Å²) in [7, 11) is 0. The molecule has 0 spiro atoms. The first-order valence-electron chi connectivity index (χ1n) is 7.15. The molecule has 4 rings (SSSR count). The van der Waals surface area contributed by atoms with Crippen LogP contribution in [0.25, 0.3) is 10.9 Å². The Morgan fingerprint density at radius 1 is 1.32 bits per heavy atom. The van der Waals surface area contributed by atoms with Crippen molar-refractivity contribution in [2.75, 3.05) is 19.8 Å². The van der Waals surface area contributed by atoms with Crippen LogP contribution >= 0.6 is 0 Å². The van der Waals surface area contributed by atoms with Gasteiger partial charge in [-0.2, -0.15) is 0 Å². The van der Waals surface area contributed by atoms with E-state index in [1.165, 1.54) is 40.6 Å². The minimum atomic E-state index is 0.0676. The van der Waals surface area contributed by atoms with Crippen LogP contribution in [0.5, 0.6) is 0 Å². The first-order chi connectivity index (χ1) is 9.23. The number of rotatable bonds is 2. The fraction of sp³-hybridized carbons (Fsp3) is 0.500. The summed E-state index contributed by atoms with van der Waals surface area (Å²) in [6.07, 6.45) is 2.43. The monoisotopic (exact) mass is 256 g/mol. The third kappa shape index (κ3) is 1.46. The number of nitrogens with zero attached hydrogens (tertiary/aromatic N) is 1. The fourth-order valence-electron chi connectivity index (χ4n) is 3.60. The van der Waals surface area contributed by atoms with Gasteiger partial charge in [0.15, 0.2) is 0 Å². The molecule has 0 bridgehead atoms. The lowest BCUT2D eigenvalue weighted by Crippen LogP contribution is -2.52. The Balaban J connectivity index is 1.96. The van der Waals surface area contributed by atoms with Crippen molar-refractivity contribution in [1.82, 2.24) is 4.57 Å². The molecule has 3 heteroatoms. The highest BCUT2D eigenvalue weighted by molar-refractivity contribution is 5.86. The molecule has 0 unspecified atom stereocenters. The second-order valence-corrected chi connectivity index (χ2v) is 6.09. The SMILES string of the molecule is Cc1cc2cc(C3(CN)COC3)cc3c2n1CCC3. The smallest absolute Gasteiger partial charge is 0.0597 e. The molecule has 1 aromatic heterocycles. The summed E-state index contributed by atoms with van der Waals surface area (Å²) in [6.45, 7) is 5.59. The standard InChI is InChI=1S/C16H20N2O/c1-11-5-13-7-14(16(8-17)9-19-10-16)6-12-3-2-4-18(11)15(12)13/h5-7H,2-4,8-10,17H2,1H3. The molecule has 2 N–H and O–H groups in total. The zero-order chi connectivity index (χ0) is 13.0. The van der Waals surface area contributed by atoms with E-state index in [1.807, 2.05) is 0 Å². The normalized spacial score (nSPS) is 20.5. The van der Waals surface area contributed by atoms with Crippen LogP contribution < -0.4 is 5.73 Å². The Morgan fingerprint density at radius 3 is 2.84 bits per heavy atom. The van der Waals surface area contributed by atoms with Crippen molar-refractivity contribution in [2.24, 2.45) is 5.73 Å². The van der Waals surface area contributed by atoms with E-state index >= 15 is 0 Å². The van der Waals surface area contributed by atoms with Crippen molar-refractivity contribution >= 4 is 10.9 Å². The highest BCUT2D eigenvalue weighted by Gasteiger charge is 2.39. The average molecular weight is 256 g/mol. The van der Waals surface area contributed by atoms with Crippen LogP contribution in [0.15, 0.2) is 18.2 Å². The third-order valence-electron chi connectivity index (χ3n) is 4.87. The molecule has 3 nitrogen and oxygen atoms in total. The molecule has 0 amide bonds. The number of aryl methyl sites for hydroxylation is 3. The maximum absolute atomic E-state index is 6.00. The zero-order valence-corrected chi connectivity index (χ0v) is 11.4. The van der Waals surface area contributed by atoms with Crippen LogP contribution in [-0.4, -0.2) is 24.3 Å². The number of hydrogen-bond donors (Lipinski definition) is 1. The molecular formula is C16H20N2O. The molecule has 2 aromatic rings. The number of hydrogen-bond acceptors (Lipinski definition) is 2. The van der Waals surface area contributed by atoms with Gasteiger partial charge in [-0.15, -0.1) is 0 Å². The molecule has 2 aliphatic rings. The molecular weight excluding hydrogens is 236 g/mol. The molecule has 0 saturated carbocycles. The van der Waals surface area contributed by atoms with Gasteiger partial charge in [0.2, 0.25) is 0 Å². The second kappa shape index (κ2) is 3.84. The molecule has 0 radical (unpaired) electrons. The molecule has 0 aliphatic carbocycles. The van der Waals surface area contributed by atoms with E-state index < -0.39 is 0 Å². The fourth-order valence-corrected chi connectivity index (χ4v) is 3.60. The molecule has 0 atom stereocenters. The number of ether oxygens (including phenoxy) is 1. The largest absolute Gasteiger partial charge is 0.379 e. The van der Waals surface area contributed by atoms with Gasteiger partial charge in [0, 0.05) is 24.2 Å². The summed E-state index contributed by atoms with van der Waals surface area (Å²) in [5.74, 6) is 0. The number of benzene rings is 1. The quantitative estimate of drug-likeness (QED) is 0.894. The van der Waals surface area contributed by atoms with Gasteiger partial charge in [0.25, 0.3) is 0 Å². The second-order valence-electron chi connectivity index (χ2n) is 6.09. The van der Waals surface area contributed by atoms with Crippen molar-refractivity contribution in [1.29, 1.82) is 0 Å². The molecule has 2 aliphatic heterocycles.